The van der Waals surface area contributed by atoms with Gasteiger partial charge in [-0.25, -0.2) is 0 Å². The second-order valence-corrected chi connectivity index (χ2v) is 3.82. The molecule has 2 heterocycles. The molecule has 1 aliphatic rings. The SMILES string of the molecule is CC1CC(C(=O)c2ccn(C)n2)CO1. The average molecular weight is 194 g/mol. The molecule has 1 aromatic heterocycles. The van der Waals surface area contributed by atoms with Crippen LogP contribution in [0.2, 0.25) is 0 Å². The van der Waals surface area contributed by atoms with Crippen LogP contribution in [-0.2, 0) is 11.8 Å². The van der Waals surface area contributed by atoms with Crippen LogP contribution in [0.5, 0.6) is 0 Å². The van der Waals surface area contributed by atoms with Gasteiger partial charge >= 0.3 is 0 Å². The van der Waals surface area contributed by atoms with Crippen molar-refractivity contribution in [2.75, 3.05) is 6.61 Å². The molecule has 2 atom stereocenters. The number of aromatic nitrogens is 2. The summed E-state index contributed by atoms with van der Waals surface area (Å²) in [4.78, 5) is 11.9. The second-order valence-electron chi connectivity index (χ2n) is 3.82. The highest BCUT2D eigenvalue weighted by atomic mass is 16.5. The molecular weight excluding hydrogens is 180 g/mol. The van der Waals surface area contributed by atoms with Crippen molar-refractivity contribution in [1.82, 2.24) is 9.78 Å². The summed E-state index contributed by atoms with van der Waals surface area (Å²) >= 11 is 0. The van der Waals surface area contributed by atoms with E-state index in [1.807, 2.05) is 14.0 Å². The van der Waals surface area contributed by atoms with E-state index in [4.69, 9.17) is 4.74 Å². The third kappa shape index (κ3) is 1.70. The lowest BCUT2D eigenvalue weighted by molar-refractivity contribution is 0.0872. The van der Waals surface area contributed by atoms with Gasteiger partial charge in [0.15, 0.2) is 5.78 Å². The molecule has 1 fully saturated rings. The molecule has 1 aromatic rings. The quantitative estimate of drug-likeness (QED) is 0.660. The Kier molecular flexibility index (Phi) is 2.37. The predicted molar refractivity (Wildman–Crippen MR) is 51.1 cm³/mol. The van der Waals surface area contributed by atoms with Crippen molar-refractivity contribution in [3.8, 4) is 0 Å². The Morgan fingerprint density at radius 1 is 1.71 bits per heavy atom. The number of carbonyl (C=O) groups excluding carboxylic acids is 1. The zero-order valence-electron chi connectivity index (χ0n) is 8.43. The van der Waals surface area contributed by atoms with Crippen molar-refractivity contribution >= 4 is 5.78 Å². The van der Waals surface area contributed by atoms with Gasteiger partial charge in [-0.15, -0.1) is 0 Å². The maximum absolute atomic E-state index is 11.9. The van der Waals surface area contributed by atoms with Gasteiger partial charge in [0, 0.05) is 19.2 Å². The second kappa shape index (κ2) is 3.53. The van der Waals surface area contributed by atoms with Gasteiger partial charge in [-0.3, -0.25) is 9.48 Å². The minimum atomic E-state index is -0.0000926. The molecule has 4 nitrogen and oxygen atoms in total. The van der Waals surface area contributed by atoms with Gasteiger partial charge in [-0.1, -0.05) is 0 Å². The Balaban J connectivity index is 2.09. The molecular formula is C10H14N2O2. The fourth-order valence-electron chi connectivity index (χ4n) is 1.76. The third-order valence-electron chi connectivity index (χ3n) is 2.54. The molecule has 14 heavy (non-hydrogen) atoms. The Labute approximate surface area is 82.9 Å². The number of hydrogen-bond donors (Lipinski definition) is 0. The van der Waals surface area contributed by atoms with Crippen molar-refractivity contribution in [2.45, 2.75) is 19.4 Å². The third-order valence-corrected chi connectivity index (χ3v) is 2.54. The van der Waals surface area contributed by atoms with Crippen LogP contribution in [-0.4, -0.2) is 28.3 Å². The van der Waals surface area contributed by atoms with Crippen molar-refractivity contribution in [2.24, 2.45) is 13.0 Å². The van der Waals surface area contributed by atoms with E-state index in [0.717, 1.165) is 6.42 Å². The Bertz CT molecular complexity index is 346. The molecule has 0 aliphatic carbocycles. The monoisotopic (exact) mass is 194 g/mol. The smallest absolute Gasteiger partial charge is 0.188 e. The first-order valence-corrected chi connectivity index (χ1v) is 4.82. The number of aryl methyl sites for hydroxylation is 1. The summed E-state index contributed by atoms with van der Waals surface area (Å²) in [5.41, 5.74) is 0.551. The van der Waals surface area contributed by atoms with Crippen LogP contribution in [0.1, 0.15) is 23.8 Å². The van der Waals surface area contributed by atoms with Crippen LogP contribution in [0.25, 0.3) is 0 Å². The fraction of sp³-hybridized carbons (Fsp3) is 0.600. The van der Waals surface area contributed by atoms with Crippen LogP contribution < -0.4 is 0 Å². The molecule has 0 radical (unpaired) electrons. The molecule has 0 amide bonds. The molecule has 2 unspecified atom stereocenters. The van der Waals surface area contributed by atoms with E-state index >= 15 is 0 Å². The largest absolute Gasteiger partial charge is 0.378 e. The highest BCUT2D eigenvalue weighted by Gasteiger charge is 2.29. The Morgan fingerprint density at radius 2 is 2.50 bits per heavy atom. The molecule has 76 valence electrons. The van der Waals surface area contributed by atoms with Crippen LogP contribution in [0.15, 0.2) is 12.3 Å². The highest BCUT2D eigenvalue weighted by Crippen LogP contribution is 2.22. The summed E-state index contributed by atoms with van der Waals surface area (Å²) in [6.07, 6.45) is 2.80. The van der Waals surface area contributed by atoms with Gasteiger partial charge in [0.1, 0.15) is 5.69 Å². The fourth-order valence-corrected chi connectivity index (χ4v) is 1.76. The van der Waals surface area contributed by atoms with Gasteiger partial charge in [0.05, 0.1) is 12.7 Å². The number of Topliss-reactive ketones (excluding diaryl/α,β-unsaturated/α-hetero) is 1. The van der Waals surface area contributed by atoms with Gasteiger partial charge in [0.2, 0.25) is 0 Å². The zero-order chi connectivity index (χ0) is 10.1. The van der Waals surface area contributed by atoms with Crippen LogP contribution in [0.3, 0.4) is 0 Å². The molecule has 0 spiro atoms. The maximum Gasteiger partial charge on any atom is 0.188 e. The molecule has 1 saturated heterocycles. The molecule has 0 saturated carbocycles. The maximum atomic E-state index is 11.9. The first kappa shape index (κ1) is 9.40. The standard InChI is InChI=1S/C10H14N2O2/c1-7-5-8(6-14-7)10(13)9-3-4-12(2)11-9/h3-4,7-8H,5-6H2,1-2H3. The minimum Gasteiger partial charge on any atom is -0.378 e. The zero-order valence-corrected chi connectivity index (χ0v) is 8.43. The summed E-state index contributed by atoms with van der Waals surface area (Å²) in [5, 5.41) is 4.09. The van der Waals surface area contributed by atoms with E-state index in [0.29, 0.717) is 12.3 Å². The number of nitrogens with zero attached hydrogens (tertiary/aromatic N) is 2. The number of rotatable bonds is 2. The van der Waals surface area contributed by atoms with Crippen molar-refractivity contribution < 1.29 is 9.53 Å². The van der Waals surface area contributed by atoms with E-state index in [9.17, 15) is 4.79 Å². The van der Waals surface area contributed by atoms with Gasteiger partial charge in [-0.05, 0) is 19.4 Å². The Morgan fingerprint density at radius 3 is 3.00 bits per heavy atom. The van der Waals surface area contributed by atoms with E-state index in [1.165, 1.54) is 0 Å². The molecule has 4 heteroatoms. The number of carbonyl (C=O) groups is 1. The molecule has 2 rings (SSSR count). The van der Waals surface area contributed by atoms with E-state index in [2.05, 4.69) is 5.10 Å². The lowest BCUT2D eigenvalue weighted by Crippen LogP contribution is -2.15. The van der Waals surface area contributed by atoms with Crippen molar-refractivity contribution in [3.63, 3.8) is 0 Å². The van der Waals surface area contributed by atoms with Crippen LogP contribution >= 0.6 is 0 Å². The molecule has 0 N–H and O–H groups in total. The molecule has 1 aliphatic heterocycles. The first-order valence-electron chi connectivity index (χ1n) is 4.82. The topological polar surface area (TPSA) is 44.1 Å². The Hall–Kier alpha value is -1.16. The summed E-state index contributed by atoms with van der Waals surface area (Å²) in [6.45, 7) is 2.53. The van der Waals surface area contributed by atoms with Crippen LogP contribution in [0.4, 0.5) is 0 Å². The summed E-state index contributed by atoms with van der Waals surface area (Å²) < 4.78 is 7.00. The van der Waals surface area contributed by atoms with Gasteiger partial charge in [0.25, 0.3) is 0 Å². The number of hydrogen-bond acceptors (Lipinski definition) is 3. The summed E-state index contributed by atoms with van der Waals surface area (Å²) in [6, 6.07) is 1.76. The lowest BCUT2D eigenvalue weighted by Gasteiger charge is -2.02. The predicted octanol–water partition coefficient (Wildman–Crippen LogP) is 1.03. The van der Waals surface area contributed by atoms with Gasteiger partial charge < -0.3 is 4.74 Å². The summed E-state index contributed by atoms with van der Waals surface area (Å²) in [5.74, 6) is 0.106. The van der Waals surface area contributed by atoms with Crippen LogP contribution in [0, 0.1) is 5.92 Å². The summed E-state index contributed by atoms with van der Waals surface area (Å²) in [7, 11) is 1.81. The molecule has 0 aromatic carbocycles. The number of ketones is 1. The van der Waals surface area contributed by atoms with E-state index < -0.39 is 0 Å². The van der Waals surface area contributed by atoms with Gasteiger partial charge in [-0.2, -0.15) is 5.10 Å². The lowest BCUT2D eigenvalue weighted by atomic mass is 9.99. The van der Waals surface area contributed by atoms with E-state index in [1.54, 1.807) is 16.9 Å². The first-order chi connectivity index (χ1) is 6.66. The highest BCUT2D eigenvalue weighted by molar-refractivity contribution is 5.96. The van der Waals surface area contributed by atoms with E-state index in [-0.39, 0.29) is 17.8 Å². The average Bonchev–Trinajstić information content (AvgIpc) is 2.73. The van der Waals surface area contributed by atoms with Crippen molar-refractivity contribution in [3.05, 3.63) is 18.0 Å². The normalized spacial score (nSPS) is 26.7. The van der Waals surface area contributed by atoms with Crippen molar-refractivity contribution in [1.29, 1.82) is 0 Å². The number of ether oxygens (including phenoxy) is 1. The molecule has 0 bridgehead atoms. The minimum absolute atomic E-state index is 0.0000926.